The average Bonchev–Trinajstić information content (AvgIpc) is 3.14. The van der Waals surface area contributed by atoms with E-state index in [2.05, 4.69) is 0 Å². The number of nitrogens with zero attached hydrogens (tertiary/aromatic N) is 2. The molecule has 1 amide bonds. The first kappa shape index (κ1) is 24.6. The van der Waals surface area contributed by atoms with E-state index in [4.69, 9.17) is 14.7 Å². The molecule has 3 aromatic carbocycles. The summed E-state index contributed by atoms with van der Waals surface area (Å²) in [6.45, 7) is 6.17. The molecule has 7 nitrogen and oxygen atoms in total. The molecule has 3 aromatic rings. The van der Waals surface area contributed by atoms with Crippen LogP contribution in [0.5, 0.6) is 11.5 Å². The zero-order chi connectivity index (χ0) is 25.8. The highest BCUT2D eigenvalue weighted by Crippen LogP contribution is 2.43. The standard InChI is InChI=1S/C29H26N2O5/c1-4-35-23-14-10-20(11-15-23)27(32)25-26(21-6-5-7-24(16-21)36-18(2)3)31(29(34)28(25)33)22-12-8-19(17-30)9-13-22/h5-16,18,26,32H,4H2,1-3H3/b27-25-. The van der Waals surface area contributed by atoms with E-state index in [9.17, 15) is 14.7 Å². The van der Waals surface area contributed by atoms with Crippen molar-refractivity contribution >= 4 is 23.1 Å². The predicted octanol–water partition coefficient (Wildman–Crippen LogP) is 5.37. The fourth-order valence-electron chi connectivity index (χ4n) is 4.17. The third-order valence-electron chi connectivity index (χ3n) is 5.70. The molecule has 1 aliphatic heterocycles. The molecule has 7 heteroatoms. The first-order chi connectivity index (χ1) is 17.3. The van der Waals surface area contributed by atoms with E-state index in [1.54, 1.807) is 72.8 Å². The van der Waals surface area contributed by atoms with Crippen LogP contribution in [-0.4, -0.2) is 29.5 Å². The van der Waals surface area contributed by atoms with Gasteiger partial charge in [0.25, 0.3) is 11.7 Å². The van der Waals surface area contributed by atoms with Crippen molar-refractivity contribution in [3.05, 3.63) is 95.1 Å². The van der Waals surface area contributed by atoms with Crippen molar-refractivity contribution in [1.29, 1.82) is 5.26 Å². The predicted molar refractivity (Wildman–Crippen MR) is 136 cm³/mol. The van der Waals surface area contributed by atoms with E-state index < -0.39 is 17.7 Å². The van der Waals surface area contributed by atoms with E-state index in [-0.39, 0.29) is 17.4 Å². The number of carbonyl (C=O) groups is 2. The fraction of sp³-hybridized carbons (Fsp3) is 0.207. The number of hydrogen-bond donors (Lipinski definition) is 1. The summed E-state index contributed by atoms with van der Waals surface area (Å²) in [5.74, 6) is -0.651. The molecule has 1 unspecified atom stereocenters. The minimum absolute atomic E-state index is 0.0322. The summed E-state index contributed by atoms with van der Waals surface area (Å²) in [5, 5.41) is 20.5. The highest BCUT2D eigenvalue weighted by atomic mass is 16.5. The van der Waals surface area contributed by atoms with Crippen LogP contribution < -0.4 is 14.4 Å². The van der Waals surface area contributed by atoms with Gasteiger partial charge in [0, 0.05) is 11.3 Å². The fourth-order valence-corrected chi connectivity index (χ4v) is 4.17. The van der Waals surface area contributed by atoms with Crippen molar-refractivity contribution < 1.29 is 24.2 Å². The van der Waals surface area contributed by atoms with Crippen molar-refractivity contribution in [2.45, 2.75) is 32.9 Å². The minimum atomic E-state index is -0.903. The normalized spacial score (nSPS) is 16.8. The second-order valence-electron chi connectivity index (χ2n) is 8.52. The summed E-state index contributed by atoms with van der Waals surface area (Å²) in [5.41, 5.74) is 1.81. The quantitative estimate of drug-likeness (QED) is 0.276. The molecule has 1 atom stereocenters. The Morgan fingerprint density at radius 2 is 1.72 bits per heavy atom. The van der Waals surface area contributed by atoms with Crippen molar-refractivity contribution in [1.82, 2.24) is 0 Å². The minimum Gasteiger partial charge on any atom is -0.507 e. The topological polar surface area (TPSA) is 99.9 Å². The SMILES string of the molecule is CCOc1ccc(/C(O)=C2/C(=O)C(=O)N(c3ccc(C#N)cc3)C2c2cccc(OC(C)C)c2)cc1. The molecule has 1 fully saturated rings. The Balaban J connectivity index is 1.88. The number of ether oxygens (including phenoxy) is 2. The van der Waals surface area contributed by atoms with Crippen LogP contribution in [0, 0.1) is 11.3 Å². The Morgan fingerprint density at radius 3 is 2.33 bits per heavy atom. The van der Waals surface area contributed by atoms with E-state index in [0.29, 0.717) is 40.5 Å². The van der Waals surface area contributed by atoms with Crippen molar-refractivity contribution in [3.63, 3.8) is 0 Å². The highest BCUT2D eigenvalue weighted by molar-refractivity contribution is 6.51. The van der Waals surface area contributed by atoms with Gasteiger partial charge in [0.05, 0.1) is 36.0 Å². The number of aliphatic hydroxyl groups is 1. The van der Waals surface area contributed by atoms with Crippen LogP contribution in [0.15, 0.2) is 78.4 Å². The average molecular weight is 483 g/mol. The van der Waals surface area contributed by atoms with Crippen LogP contribution in [0.2, 0.25) is 0 Å². The number of ketones is 1. The number of nitriles is 1. The molecular weight excluding hydrogens is 456 g/mol. The lowest BCUT2D eigenvalue weighted by Gasteiger charge is -2.26. The Labute approximate surface area is 209 Å². The van der Waals surface area contributed by atoms with Gasteiger partial charge >= 0.3 is 0 Å². The molecule has 0 saturated carbocycles. The van der Waals surface area contributed by atoms with E-state index in [1.807, 2.05) is 26.8 Å². The first-order valence-electron chi connectivity index (χ1n) is 11.6. The number of Topliss-reactive ketones (excluding diaryl/α,β-unsaturated/α-hetero) is 1. The lowest BCUT2D eigenvalue weighted by molar-refractivity contribution is -0.132. The lowest BCUT2D eigenvalue weighted by Crippen LogP contribution is -2.29. The summed E-state index contributed by atoms with van der Waals surface area (Å²) < 4.78 is 11.3. The molecular formula is C29H26N2O5. The number of aliphatic hydroxyl groups excluding tert-OH is 1. The summed E-state index contributed by atoms with van der Waals surface area (Å²) in [7, 11) is 0. The van der Waals surface area contributed by atoms with E-state index in [0.717, 1.165) is 0 Å². The van der Waals surface area contributed by atoms with Gasteiger partial charge in [-0.3, -0.25) is 14.5 Å². The molecule has 4 rings (SSSR count). The van der Waals surface area contributed by atoms with Crippen molar-refractivity contribution in [3.8, 4) is 17.6 Å². The number of amides is 1. The summed E-state index contributed by atoms with van der Waals surface area (Å²) in [6.07, 6.45) is -0.0750. The van der Waals surface area contributed by atoms with Gasteiger partial charge in [-0.15, -0.1) is 0 Å². The van der Waals surface area contributed by atoms with Gasteiger partial charge in [0.15, 0.2) is 0 Å². The van der Waals surface area contributed by atoms with Gasteiger partial charge in [-0.2, -0.15) is 5.26 Å². The van der Waals surface area contributed by atoms with Gasteiger partial charge < -0.3 is 14.6 Å². The third kappa shape index (κ3) is 4.80. The molecule has 1 heterocycles. The molecule has 1 aliphatic rings. The second kappa shape index (κ2) is 10.4. The Bertz CT molecular complexity index is 1350. The molecule has 1 saturated heterocycles. The monoisotopic (exact) mass is 482 g/mol. The molecule has 0 spiro atoms. The van der Waals surface area contributed by atoms with Crippen LogP contribution in [0.25, 0.3) is 5.76 Å². The maximum Gasteiger partial charge on any atom is 0.300 e. The van der Waals surface area contributed by atoms with E-state index >= 15 is 0 Å². The number of hydrogen-bond acceptors (Lipinski definition) is 6. The van der Waals surface area contributed by atoms with Crippen LogP contribution in [0.1, 0.15) is 43.5 Å². The van der Waals surface area contributed by atoms with Crippen LogP contribution in [0.3, 0.4) is 0 Å². The Morgan fingerprint density at radius 1 is 1.03 bits per heavy atom. The zero-order valence-electron chi connectivity index (χ0n) is 20.3. The van der Waals surface area contributed by atoms with Gasteiger partial charge in [0.1, 0.15) is 17.3 Å². The van der Waals surface area contributed by atoms with Crippen LogP contribution in [-0.2, 0) is 9.59 Å². The molecule has 0 radical (unpaired) electrons. The molecule has 0 bridgehead atoms. The van der Waals surface area contributed by atoms with Crippen LogP contribution >= 0.6 is 0 Å². The maximum atomic E-state index is 13.3. The van der Waals surface area contributed by atoms with E-state index in [1.165, 1.54) is 4.90 Å². The molecule has 0 aromatic heterocycles. The third-order valence-corrected chi connectivity index (χ3v) is 5.70. The molecule has 36 heavy (non-hydrogen) atoms. The van der Waals surface area contributed by atoms with Gasteiger partial charge in [0.2, 0.25) is 0 Å². The maximum absolute atomic E-state index is 13.3. The Kier molecular flexibility index (Phi) is 7.07. The number of anilines is 1. The molecule has 182 valence electrons. The number of carbonyl (C=O) groups excluding carboxylic acids is 2. The molecule has 1 N–H and O–H groups in total. The van der Waals surface area contributed by atoms with Gasteiger partial charge in [-0.1, -0.05) is 12.1 Å². The first-order valence-corrected chi connectivity index (χ1v) is 11.6. The van der Waals surface area contributed by atoms with Gasteiger partial charge in [-0.05, 0) is 87.0 Å². The Hall–Kier alpha value is -4.57. The van der Waals surface area contributed by atoms with Crippen LogP contribution in [0.4, 0.5) is 5.69 Å². The largest absolute Gasteiger partial charge is 0.507 e. The lowest BCUT2D eigenvalue weighted by atomic mass is 9.95. The summed E-state index contributed by atoms with van der Waals surface area (Å²) in [6, 6.07) is 21.3. The number of rotatable bonds is 7. The highest BCUT2D eigenvalue weighted by Gasteiger charge is 2.47. The number of benzene rings is 3. The zero-order valence-corrected chi connectivity index (χ0v) is 20.3. The molecule has 0 aliphatic carbocycles. The van der Waals surface area contributed by atoms with Crippen molar-refractivity contribution in [2.75, 3.05) is 11.5 Å². The van der Waals surface area contributed by atoms with Gasteiger partial charge in [-0.25, -0.2) is 0 Å². The summed E-state index contributed by atoms with van der Waals surface area (Å²) >= 11 is 0. The smallest absolute Gasteiger partial charge is 0.300 e. The summed E-state index contributed by atoms with van der Waals surface area (Å²) in [4.78, 5) is 28.0. The second-order valence-corrected chi connectivity index (χ2v) is 8.52. The van der Waals surface area contributed by atoms with Crippen molar-refractivity contribution in [2.24, 2.45) is 0 Å².